The average molecular weight is 337 g/mol. The second-order valence-electron chi connectivity index (χ2n) is 6.60. The lowest BCUT2D eigenvalue weighted by Crippen LogP contribution is -2.52. The van der Waals surface area contributed by atoms with Crippen molar-refractivity contribution in [3.63, 3.8) is 0 Å². The SMILES string of the molecule is CCC1CC1(N)C(=O)N=C(C(C)=O)C(=O)NC1(C(N)=O)CC1CN. The van der Waals surface area contributed by atoms with E-state index in [2.05, 4.69) is 10.3 Å². The van der Waals surface area contributed by atoms with Gasteiger partial charge in [0.2, 0.25) is 5.91 Å². The van der Waals surface area contributed by atoms with Gasteiger partial charge < -0.3 is 22.5 Å². The summed E-state index contributed by atoms with van der Waals surface area (Å²) in [5.74, 6) is -3.34. The Hall–Kier alpha value is -2.13. The number of carbonyl (C=O) groups is 4. The second-order valence-corrected chi connectivity index (χ2v) is 6.60. The van der Waals surface area contributed by atoms with Gasteiger partial charge in [0.1, 0.15) is 11.1 Å². The van der Waals surface area contributed by atoms with Crippen molar-refractivity contribution in [1.29, 1.82) is 0 Å². The fourth-order valence-corrected chi connectivity index (χ4v) is 3.01. The molecule has 4 atom stereocenters. The highest BCUT2D eigenvalue weighted by Gasteiger charge is 2.60. The van der Waals surface area contributed by atoms with Crippen LogP contribution < -0.4 is 22.5 Å². The minimum atomic E-state index is -1.28. The number of Topliss-reactive ketones (excluding diaryl/α,β-unsaturated/α-hetero) is 1. The zero-order valence-electron chi connectivity index (χ0n) is 13.8. The zero-order chi connectivity index (χ0) is 18.3. The number of nitrogens with two attached hydrogens (primary N) is 3. The summed E-state index contributed by atoms with van der Waals surface area (Å²) in [6.07, 6.45) is 1.48. The van der Waals surface area contributed by atoms with Crippen LogP contribution >= 0.6 is 0 Å². The predicted molar refractivity (Wildman–Crippen MR) is 85.7 cm³/mol. The number of primary amides is 1. The topological polar surface area (TPSA) is 171 Å². The zero-order valence-corrected chi connectivity index (χ0v) is 13.8. The number of rotatable bonds is 7. The van der Waals surface area contributed by atoms with Crippen LogP contribution in [0.5, 0.6) is 0 Å². The molecule has 0 saturated heterocycles. The van der Waals surface area contributed by atoms with Gasteiger partial charge in [0.15, 0.2) is 11.5 Å². The summed E-state index contributed by atoms with van der Waals surface area (Å²) in [7, 11) is 0. The fourth-order valence-electron chi connectivity index (χ4n) is 3.01. The van der Waals surface area contributed by atoms with Crippen LogP contribution in [0.15, 0.2) is 4.99 Å². The van der Waals surface area contributed by atoms with E-state index < -0.39 is 40.3 Å². The van der Waals surface area contributed by atoms with Gasteiger partial charge in [-0.25, -0.2) is 4.99 Å². The van der Waals surface area contributed by atoms with E-state index in [4.69, 9.17) is 17.2 Å². The normalized spacial score (nSPS) is 34.4. The molecule has 0 aromatic rings. The maximum absolute atomic E-state index is 12.3. The van der Waals surface area contributed by atoms with Gasteiger partial charge in [-0.3, -0.25) is 19.2 Å². The second kappa shape index (κ2) is 6.06. The van der Waals surface area contributed by atoms with Gasteiger partial charge >= 0.3 is 0 Å². The number of hydrogen-bond acceptors (Lipinski definition) is 6. The van der Waals surface area contributed by atoms with E-state index in [1.807, 2.05) is 6.92 Å². The van der Waals surface area contributed by atoms with Crippen LogP contribution in [0, 0.1) is 11.8 Å². The van der Waals surface area contributed by atoms with E-state index in [1.54, 1.807) is 0 Å². The van der Waals surface area contributed by atoms with E-state index in [0.29, 0.717) is 19.3 Å². The van der Waals surface area contributed by atoms with Crippen LogP contribution in [0.4, 0.5) is 0 Å². The summed E-state index contributed by atoms with van der Waals surface area (Å²) >= 11 is 0. The quantitative estimate of drug-likeness (QED) is 0.309. The van der Waals surface area contributed by atoms with Crippen LogP contribution in [0.3, 0.4) is 0 Å². The van der Waals surface area contributed by atoms with Gasteiger partial charge in [-0.05, 0) is 25.3 Å². The Kier molecular flexibility index (Phi) is 4.60. The molecule has 0 heterocycles. The van der Waals surface area contributed by atoms with Crippen molar-refractivity contribution >= 4 is 29.2 Å². The standard InChI is InChI=1S/C15H23N5O4/c1-3-8-4-14(8,18)13(24)19-10(7(2)21)11(22)20-15(12(17)23)5-9(15)6-16/h8-9H,3-6,16,18H2,1-2H3,(H2,17,23)(H,20,22). The predicted octanol–water partition coefficient (Wildman–Crippen LogP) is -2.01. The molecule has 2 fully saturated rings. The van der Waals surface area contributed by atoms with Gasteiger partial charge in [0.05, 0.1) is 0 Å². The Morgan fingerprint density at radius 3 is 2.21 bits per heavy atom. The number of ketones is 1. The van der Waals surface area contributed by atoms with Gasteiger partial charge in [-0.2, -0.15) is 0 Å². The highest BCUT2D eigenvalue weighted by atomic mass is 16.2. The van der Waals surface area contributed by atoms with Crippen molar-refractivity contribution in [2.75, 3.05) is 6.54 Å². The van der Waals surface area contributed by atoms with Gasteiger partial charge in [0, 0.05) is 12.8 Å². The molecule has 132 valence electrons. The van der Waals surface area contributed by atoms with Crippen LogP contribution in [-0.4, -0.2) is 46.8 Å². The van der Waals surface area contributed by atoms with Gasteiger partial charge in [0.25, 0.3) is 11.8 Å². The van der Waals surface area contributed by atoms with Gasteiger partial charge in [-0.1, -0.05) is 13.3 Å². The number of hydrogen-bond donors (Lipinski definition) is 4. The molecule has 0 bridgehead atoms. The molecule has 3 amide bonds. The molecule has 0 aromatic heterocycles. The monoisotopic (exact) mass is 337 g/mol. The van der Waals surface area contributed by atoms with Crippen LogP contribution in [0.2, 0.25) is 0 Å². The van der Waals surface area contributed by atoms with Crippen molar-refractivity contribution in [1.82, 2.24) is 5.32 Å². The Bertz CT molecular complexity index is 646. The third-order valence-corrected chi connectivity index (χ3v) is 4.97. The number of amides is 3. The molecule has 0 radical (unpaired) electrons. The summed E-state index contributed by atoms with van der Waals surface area (Å²) in [4.78, 5) is 51.5. The summed E-state index contributed by atoms with van der Waals surface area (Å²) in [6.45, 7) is 3.17. The minimum Gasteiger partial charge on any atom is -0.368 e. The maximum Gasteiger partial charge on any atom is 0.274 e. The molecular weight excluding hydrogens is 314 g/mol. The highest BCUT2D eigenvalue weighted by Crippen LogP contribution is 2.44. The largest absolute Gasteiger partial charge is 0.368 e. The van der Waals surface area contributed by atoms with Crippen LogP contribution in [0.25, 0.3) is 0 Å². The molecule has 0 aromatic carbocycles. The lowest BCUT2D eigenvalue weighted by Gasteiger charge is -2.16. The molecule has 2 aliphatic carbocycles. The summed E-state index contributed by atoms with van der Waals surface area (Å²) in [5.41, 5.74) is 13.8. The third-order valence-electron chi connectivity index (χ3n) is 4.97. The summed E-state index contributed by atoms with van der Waals surface area (Å²) in [6, 6.07) is 0. The summed E-state index contributed by atoms with van der Waals surface area (Å²) < 4.78 is 0. The molecule has 0 aliphatic heterocycles. The third kappa shape index (κ3) is 2.96. The molecule has 2 rings (SSSR count). The molecule has 7 N–H and O–H groups in total. The first-order valence-electron chi connectivity index (χ1n) is 7.87. The Labute approximate surface area is 139 Å². The van der Waals surface area contributed by atoms with Crippen molar-refractivity contribution in [2.24, 2.45) is 34.0 Å². The van der Waals surface area contributed by atoms with E-state index in [9.17, 15) is 19.2 Å². The van der Waals surface area contributed by atoms with Crippen molar-refractivity contribution < 1.29 is 19.2 Å². The lowest BCUT2D eigenvalue weighted by atomic mass is 10.1. The highest BCUT2D eigenvalue weighted by molar-refractivity contribution is 6.66. The molecular formula is C15H23N5O4. The Morgan fingerprint density at radius 1 is 1.21 bits per heavy atom. The lowest BCUT2D eigenvalue weighted by molar-refractivity contribution is -0.126. The van der Waals surface area contributed by atoms with E-state index in [-0.39, 0.29) is 18.4 Å². The maximum atomic E-state index is 12.3. The van der Waals surface area contributed by atoms with Crippen molar-refractivity contribution in [3.05, 3.63) is 0 Å². The van der Waals surface area contributed by atoms with Crippen LogP contribution in [0.1, 0.15) is 33.1 Å². The smallest absolute Gasteiger partial charge is 0.274 e. The van der Waals surface area contributed by atoms with E-state index in [1.165, 1.54) is 0 Å². The van der Waals surface area contributed by atoms with E-state index >= 15 is 0 Å². The first-order chi connectivity index (χ1) is 11.1. The fraction of sp³-hybridized carbons (Fsp3) is 0.667. The molecule has 4 unspecified atom stereocenters. The summed E-state index contributed by atoms with van der Waals surface area (Å²) in [5, 5.41) is 2.41. The molecule has 24 heavy (non-hydrogen) atoms. The number of aliphatic imine (C=N–C) groups is 1. The minimum absolute atomic E-state index is 0.00738. The van der Waals surface area contributed by atoms with Crippen LogP contribution in [-0.2, 0) is 19.2 Å². The first-order valence-corrected chi connectivity index (χ1v) is 7.87. The number of nitrogens with zero attached hydrogens (tertiary/aromatic N) is 1. The van der Waals surface area contributed by atoms with Crippen molar-refractivity contribution in [2.45, 2.75) is 44.2 Å². The number of carbonyl (C=O) groups excluding carboxylic acids is 4. The molecule has 2 saturated carbocycles. The average Bonchev–Trinajstić information content (AvgIpc) is 3.39. The Balaban J connectivity index is 2.18. The Morgan fingerprint density at radius 2 is 1.83 bits per heavy atom. The molecule has 0 spiro atoms. The number of nitrogens with one attached hydrogen (secondary N) is 1. The van der Waals surface area contributed by atoms with E-state index in [0.717, 1.165) is 6.92 Å². The first kappa shape index (κ1) is 18.2. The molecule has 2 aliphatic rings. The van der Waals surface area contributed by atoms with Crippen molar-refractivity contribution in [3.8, 4) is 0 Å². The van der Waals surface area contributed by atoms with Gasteiger partial charge in [-0.15, -0.1) is 0 Å². The molecule has 9 heteroatoms. The molecule has 9 nitrogen and oxygen atoms in total.